The van der Waals surface area contributed by atoms with E-state index in [1.165, 1.54) is 6.20 Å². The van der Waals surface area contributed by atoms with Crippen LogP contribution in [0.1, 0.15) is 16.8 Å². The van der Waals surface area contributed by atoms with E-state index in [4.69, 9.17) is 10.7 Å². The number of amides is 1. The molecule has 5 aromatic rings. The maximum Gasteiger partial charge on any atom is 0.293 e. The molecule has 3 heterocycles. The van der Waals surface area contributed by atoms with Gasteiger partial charge in [0, 0.05) is 29.1 Å². The highest BCUT2D eigenvalue weighted by Crippen LogP contribution is 2.33. The number of anilines is 1. The molecule has 5 rings (SSSR count). The number of benzene rings is 2. The number of H-pyrrole nitrogens is 1. The first-order valence-electron chi connectivity index (χ1n) is 10.8. The molecular weight excluding hydrogens is 454 g/mol. The van der Waals surface area contributed by atoms with Gasteiger partial charge in [0.15, 0.2) is 0 Å². The summed E-state index contributed by atoms with van der Waals surface area (Å²) in [6.07, 6.45) is 3.00. The standard InChI is InChI=1S/C27H17N7O2/c28-13-16-3-1-4-17(11-16)18-6-8-21-22(12-18)24-25(19(7-9-23(29)35)14-31-27(24)36)33-26(21)30-15-20-5-2-10-32-34-20/h1-6,8,10-12,14H,15H2,(H2,29,35)(H,30,33)(H,31,36). The van der Waals surface area contributed by atoms with Gasteiger partial charge >= 0.3 is 0 Å². The second-order valence-electron chi connectivity index (χ2n) is 7.85. The van der Waals surface area contributed by atoms with Gasteiger partial charge in [0.1, 0.15) is 5.82 Å². The van der Waals surface area contributed by atoms with Gasteiger partial charge in [0.2, 0.25) is 0 Å². The average Bonchev–Trinajstić information content (AvgIpc) is 2.91. The summed E-state index contributed by atoms with van der Waals surface area (Å²) >= 11 is 0. The molecule has 0 atom stereocenters. The minimum atomic E-state index is -0.796. The van der Waals surface area contributed by atoms with Gasteiger partial charge in [-0.2, -0.15) is 15.5 Å². The van der Waals surface area contributed by atoms with Crippen molar-refractivity contribution >= 4 is 33.4 Å². The van der Waals surface area contributed by atoms with Crippen molar-refractivity contribution < 1.29 is 4.79 Å². The lowest BCUT2D eigenvalue weighted by Crippen LogP contribution is -2.11. The quantitative estimate of drug-likeness (QED) is 0.269. The van der Waals surface area contributed by atoms with Crippen LogP contribution in [0.4, 0.5) is 5.82 Å². The zero-order valence-corrected chi connectivity index (χ0v) is 18.7. The fourth-order valence-electron chi connectivity index (χ4n) is 3.92. The summed E-state index contributed by atoms with van der Waals surface area (Å²) in [5.74, 6) is 4.72. The van der Waals surface area contributed by atoms with E-state index in [9.17, 15) is 14.9 Å². The monoisotopic (exact) mass is 471 g/mol. The van der Waals surface area contributed by atoms with Gasteiger partial charge in [0.05, 0.1) is 40.3 Å². The first kappa shape index (κ1) is 22.3. The van der Waals surface area contributed by atoms with E-state index < -0.39 is 5.91 Å². The summed E-state index contributed by atoms with van der Waals surface area (Å²) in [7, 11) is 0. The van der Waals surface area contributed by atoms with E-state index in [0.717, 1.165) is 11.1 Å². The van der Waals surface area contributed by atoms with Crippen molar-refractivity contribution in [2.24, 2.45) is 5.73 Å². The van der Waals surface area contributed by atoms with E-state index in [1.807, 2.05) is 30.3 Å². The lowest BCUT2D eigenvalue weighted by molar-refractivity contribution is -0.112. The summed E-state index contributed by atoms with van der Waals surface area (Å²) in [5.41, 5.74) is 8.41. The SMILES string of the molecule is N#Cc1cccc(-c2ccc3c(NCc4cccnn4)nc4c(C#CC(N)=O)c[nH]c(=O)c4c3c2)c1. The van der Waals surface area contributed by atoms with E-state index in [-0.39, 0.29) is 5.56 Å². The molecule has 3 aromatic heterocycles. The van der Waals surface area contributed by atoms with Crippen LogP contribution in [0, 0.1) is 23.2 Å². The molecule has 1 amide bonds. The zero-order chi connectivity index (χ0) is 25.1. The van der Waals surface area contributed by atoms with E-state index in [2.05, 4.69) is 38.4 Å². The van der Waals surface area contributed by atoms with Crippen molar-refractivity contribution in [2.45, 2.75) is 6.54 Å². The average molecular weight is 471 g/mol. The van der Waals surface area contributed by atoms with Gasteiger partial charge in [0.25, 0.3) is 11.5 Å². The van der Waals surface area contributed by atoms with Crippen molar-refractivity contribution in [3.63, 3.8) is 0 Å². The van der Waals surface area contributed by atoms with Gasteiger partial charge in [-0.05, 0) is 41.5 Å². The summed E-state index contributed by atoms with van der Waals surface area (Å²) < 4.78 is 0. The Balaban J connectivity index is 1.77. The highest BCUT2D eigenvalue weighted by molar-refractivity contribution is 6.12. The number of pyridine rings is 2. The Bertz CT molecular complexity index is 1810. The van der Waals surface area contributed by atoms with E-state index in [1.54, 1.807) is 30.5 Å². The maximum atomic E-state index is 13.0. The van der Waals surface area contributed by atoms with Crippen LogP contribution in [0.2, 0.25) is 0 Å². The number of primary amides is 1. The Labute approximate surface area is 204 Å². The molecule has 0 aliphatic rings. The lowest BCUT2D eigenvalue weighted by Gasteiger charge is -2.13. The molecule has 0 saturated carbocycles. The molecule has 0 spiro atoms. The Morgan fingerprint density at radius 3 is 2.72 bits per heavy atom. The third-order valence-corrected chi connectivity index (χ3v) is 5.54. The van der Waals surface area contributed by atoms with Crippen LogP contribution >= 0.6 is 0 Å². The highest BCUT2D eigenvalue weighted by atomic mass is 16.1. The van der Waals surface area contributed by atoms with Gasteiger partial charge < -0.3 is 16.0 Å². The predicted octanol–water partition coefficient (Wildman–Crippen LogP) is 2.85. The first-order chi connectivity index (χ1) is 17.5. The third-order valence-electron chi connectivity index (χ3n) is 5.54. The number of carbonyl (C=O) groups is 1. The Morgan fingerprint density at radius 1 is 1.08 bits per heavy atom. The highest BCUT2D eigenvalue weighted by Gasteiger charge is 2.15. The molecule has 0 radical (unpaired) electrons. The molecule has 0 fully saturated rings. The number of rotatable bonds is 4. The predicted molar refractivity (Wildman–Crippen MR) is 135 cm³/mol. The number of fused-ring (bicyclic) bond motifs is 3. The third kappa shape index (κ3) is 4.32. The van der Waals surface area contributed by atoms with E-state index >= 15 is 0 Å². The molecular formula is C27H17N7O2. The number of nitrogens with two attached hydrogens (primary N) is 1. The normalized spacial score (nSPS) is 10.4. The van der Waals surface area contributed by atoms with Gasteiger partial charge in [-0.1, -0.05) is 30.2 Å². The van der Waals surface area contributed by atoms with Crippen LogP contribution in [-0.2, 0) is 11.3 Å². The number of nitriles is 1. The molecule has 0 unspecified atom stereocenters. The Kier molecular flexibility index (Phi) is 5.80. The van der Waals surface area contributed by atoms with Gasteiger partial charge in [-0.3, -0.25) is 9.59 Å². The minimum Gasteiger partial charge on any atom is -0.364 e. The van der Waals surface area contributed by atoms with Crippen LogP contribution in [0.5, 0.6) is 0 Å². The number of aromatic nitrogens is 4. The van der Waals surface area contributed by atoms with Crippen molar-refractivity contribution in [3.05, 3.63) is 94.2 Å². The zero-order valence-electron chi connectivity index (χ0n) is 18.7. The first-order valence-corrected chi connectivity index (χ1v) is 10.8. The molecule has 36 heavy (non-hydrogen) atoms. The second kappa shape index (κ2) is 9.37. The number of aromatic amines is 1. The second-order valence-corrected chi connectivity index (χ2v) is 7.85. The maximum absolute atomic E-state index is 13.0. The van der Waals surface area contributed by atoms with Gasteiger partial charge in [-0.15, -0.1) is 0 Å². The summed E-state index contributed by atoms with van der Waals surface area (Å²) in [4.78, 5) is 31.7. The number of hydrogen-bond donors (Lipinski definition) is 3. The van der Waals surface area contributed by atoms with Crippen LogP contribution < -0.4 is 16.6 Å². The fraction of sp³-hybridized carbons (Fsp3) is 0.0370. The summed E-state index contributed by atoms with van der Waals surface area (Å²) in [6.45, 7) is 0.346. The van der Waals surface area contributed by atoms with Gasteiger partial charge in [-0.25, -0.2) is 4.98 Å². The molecule has 0 aliphatic carbocycles. The van der Waals surface area contributed by atoms with Crippen molar-refractivity contribution in [3.8, 4) is 29.0 Å². The fourth-order valence-corrected chi connectivity index (χ4v) is 3.92. The molecule has 9 nitrogen and oxygen atoms in total. The topological polar surface area (TPSA) is 150 Å². The minimum absolute atomic E-state index is 0.324. The summed E-state index contributed by atoms with van der Waals surface area (Å²) in [6, 6.07) is 18.6. The molecule has 9 heteroatoms. The summed E-state index contributed by atoms with van der Waals surface area (Å²) in [5, 5.41) is 22.2. The smallest absolute Gasteiger partial charge is 0.293 e. The Morgan fingerprint density at radius 2 is 1.94 bits per heavy atom. The lowest BCUT2D eigenvalue weighted by atomic mass is 9.98. The molecule has 4 N–H and O–H groups in total. The van der Waals surface area contributed by atoms with Crippen LogP contribution in [0.15, 0.2) is 71.8 Å². The largest absolute Gasteiger partial charge is 0.364 e. The Hall–Kier alpha value is -5.54. The molecule has 0 bridgehead atoms. The number of hydrogen-bond acceptors (Lipinski definition) is 7. The molecule has 0 aliphatic heterocycles. The molecule has 2 aromatic carbocycles. The van der Waals surface area contributed by atoms with Crippen molar-refractivity contribution in [1.29, 1.82) is 5.26 Å². The van der Waals surface area contributed by atoms with E-state index in [0.29, 0.717) is 50.9 Å². The van der Waals surface area contributed by atoms with Crippen LogP contribution in [0.3, 0.4) is 0 Å². The number of carbonyl (C=O) groups excluding carboxylic acids is 1. The molecule has 172 valence electrons. The number of nitrogens with zero attached hydrogens (tertiary/aromatic N) is 4. The number of nitrogens with one attached hydrogen (secondary N) is 2. The van der Waals surface area contributed by atoms with Crippen molar-refractivity contribution in [2.75, 3.05) is 5.32 Å². The molecule has 0 saturated heterocycles. The van der Waals surface area contributed by atoms with Crippen molar-refractivity contribution in [1.82, 2.24) is 20.2 Å². The van der Waals surface area contributed by atoms with Crippen LogP contribution in [0.25, 0.3) is 32.8 Å². The van der Waals surface area contributed by atoms with Crippen LogP contribution in [-0.4, -0.2) is 26.1 Å².